The van der Waals surface area contributed by atoms with Crippen LogP contribution in [0.3, 0.4) is 0 Å². The van der Waals surface area contributed by atoms with Gasteiger partial charge in [-0.05, 0) is 68.2 Å². The molecule has 3 aromatic rings. The molecule has 5 rings (SSSR count). The van der Waals surface area contributed by atoms with E-state index in [0.29, 0.717) is 5.55 Å². The van der Waals surface area contributed by atoms with Gasteiger partial charge in [-0.1, -0.05) is 36.8 Å². The van der Waals surface area contributed by atoms with E-state index >= 15 is 0 Å². The third-order valence-electron chi connectivity index (χ3n) is 6.77. The van der Waals surface area contributed by atoms with Crippen LogP contribution in [0.2, 0.25) is 0 Å². The molecule has 2 aliphatic rings. The number of fused-ring (bicyclic) bond motifs is 2. The Morgan fingerprint density at radius 3 is 2.59 bits per heavy atom. The van der Waals surface area contributed by atoms with Crippen LogP contribution in [0.5, 0.6) is 5.75 Å². The Morgan fingerprint density at radius 2 is 1.83 bits per heavy atom. The summed E-state index contributed by atoms with van der Waals surface area (Å²) in [5.41, 5.74) is 6.07. The zero-order valence-corrected chi connectivity index (χ0v) is 17.0. The van der Waals surface area contributed by atoms with E-state index in [0.717, 1.165) is 41.5 Å². The largest absolute Gasteiger partial charge is 0.487 e. The summed E-state index contributed by atoms with van der Waals surface area (Å²) in [4.78, 5) is 0. The van der Waals surface area contributed by atoms with Crippen molar-refractivity contribution in [1.82, 2.24) is 0 Å². The molecular formula is C25H28N2O2. The van der Waals surface area contributed by atoms with Gasteiger partial charge >= 0.3 is 0 Å². The van der Waals surface area contributed by atoms with Gasteiger partial charge in [-0.3, -0.25) is 0 Å². The molecule has 1 saturated carbocycles. The van der Waals surface area contributed by atoms with E-state index in [2.05, 4.69) is 48.4 Å². The maximum absolute atomic E-state index is 6.59. The normalized spacial score (nSPS) is 18.6. The van der Waals surface area contributed by atoms with Crippen LogP contribution >= 0.6 is 0 Å². The molecule has 4 nitrogen and oxygen atoms in total. The first-order valence-electron chi connectivity index (χ1n) is 10.7. The predicted molar refractivity (Wildman–Crippen MR) is 115 cm³/mol. The van der Waals surface area contributed by atoms with Crippen molar-refractivity contribution in [2.75, 3.05) is 0 Å². The first-order chi connectivity index (χ1) is 14.2. The molecule has 29 heavy (non-hydrogen) atoms. The molecule has 0 radical (unpaired) electrons. The summed E-state index contributed by atoms with van der Waals surface area (Å²) >= 11 is 0. The summed E-state index contributed by atoms with van der Waals surface area (Å²) < 4.78 is 12.8. The summed E-state index contributed by atoms with van der Waals surface area (Å²) in [7, 11) is 0. The average Bonchev–Trinajstić information content (AvgIpc) is 2.76. The lowest BCUT2D eigenvalue weighted by molar-refractivity contribution is 0.0109. The van der Waals surface area contributed by atoms with Gasteiger partial charge in [-0.2, -0.15) is 0 Å². The lowest BCUT2D eigenvalue weighted by atomic mass is 9.79. The van der Waals surface area contributed by atoms with E-state index in [9.17, 15) is 0 Å². The summed E-state index contributed by atoms with van der Waals surface area (Å²) in [5, 5.41) is 5.10. The maximum atomic E-state index is 6.59. The molecule has 0 amide bonds. The highest BCUT2D eigenvalue weighted by molar-refractivity contribution is 5.84. The highest BCUT2D eigenvalue weighted by Crippen LogP contribution is 2.43. The molecule has 150 valence electrons. The molecule has 0 saturated heterocycles. The smallest absolute Gasteiger partial charge is 0.239 e. The van der Waals surface area contributed by atoms with Crippen LogP contribution < -0.4 is 16.1 Å². The first-order valence-corrected chi connectivity index (χ1v) is 10.7. The number of hydrogen-bond acceptors (Lipinski definition) is 4. The minimum Gasteiger partial charge on any atom is -0.487 e. The van der Waals surface area contributed by atoms with Crippen molar-refractivity contribution in [3.63, 3.8) is 0 Å². The maximum Gasteiger partial charge on any atom is 0.239 e. The van der Waals surface area contributed by atoms with Crippen LogP contribution in [0.25, 0.3) is 11.0 Å². The van der Waals surface area contributed by atoms with Gasteiger partial charge in [0, 0.05) is 23.4 Å². The molecule has 0 atom stereocenters. The topological polar surface area (TPSA) is 60.8 Å². The fraction of sp³-hybridized carbons (Fsp3) is 0.400. The number of ether oxygens (including phenoxy) is 1. The van der Waals surface area contributed by atoms with Gasteiger partial charge in [-0.15, -0.1) is 5.10 Å². The summed E-state index contributed by atoms with van der Waals surface area (Å²) in [6.45, 7) is 2.14. The Kier molecular flexibility index (Phi) is 4.57. The monoisotopic (exact) mass is 388 g/mol. The van der Waals surface area contributed by atoms with Crippen LogP contribution in [0.4, 0.5) is 0 Å². The third-order valence-corrected chi connectivity index (χ3v) is 6.77. The Balaban J connectivity index is 1.59. The highest BCUT2D eigenvalue weighted by Gasteiger charge is 2.37. The quantitative estimate of drug-likeness (QED) is 0.489. The van der Waals surface area contributed by atoms with Gasteiger partial charge in [0.15, 0.2) is 0 Å². The van der Waals surface area contributed by atoms with Crippen LogP contribution in [0.1, 0.15) is 60.8 Å². The SMILES string of the molecule is Cc1c(Cc2ccccc2)/c(=N/N)oc2cc3c(cc12)CCC1(CCCCC1)O3. The van der Waals surface area contributed by atoms with Crippen molar-refractivity contribution in [3.05, 3.63) is 70.3 Å². The minimum atomic E-state index is 0.0301. The van der Waals surface area contributed by atoms with Gasteiger partial charge in [0.25, 0.3) is 0 Å². The summed E-state index contributed by atoms with van der Waals surface area (Å²) in [5.74, 6) is 6.69. The molecule has 1 aromatic heterocycles. The third kappa shape index (κ3) is 3.31. The van der Waals surface area contributed by atoms with E-state index in [1.807, 2.05) is 6.07 Å². The lowest BCUT2D eigenvalue weighted by Crippen LogP contribution is -2.41. The number of hydrogen-bond donors (Lipinski definition) is 1. The molecular weight excluding hydrogens is 360 g/mol. The van der Waals surface area contributed by atoms with Crippen molar-refractivity contribution >= 4 is 11.0 Å². The number of rotatable bonds is 2. The standard InChI is InChI=1S/C25H28N2O2/c1-17-20-15-19-10-13-25(11-6-3-7-12-25)29-22(19)16-23(20)28-24(27-26)21(17)14-18-8-4-2-5-9-18/h2,4-5,8-9,15-16H,3,6-7,10-14,26H2,1H3/b27-24-. The molecule has 0 bridgehead atoms. The lowest BCUT2D eigenvalue weighted by Gasteiger charge is -2.41. The molecule has 1 aliphatic carbocycles. The van der Waals surface area contributed by atoms with Crippen molar-refractivity contribution in [2.45, 2.75) is 63.9 Å². The summed E-state index contributed by atoms with van der Waals surface area (Å²) in [6.07, 6.45) is 9.14. The summed E-state index contributed by atoms with van der Waals surface area (Å²) in [6, 6.07) is 14.7. The molecule has 2 aromatic carbocycles. The second kappa shape index (κ2) is 7.25. The zero-order chi connectivity index (χ0) is 19.8. The molecule has 2 heterocycles. The molecule has 1 aliphatic heterocycles. The van der Waals surface area contributed by atoms with E-state index in [4.69, 9.17) is 15.0 Å². The Bertz CT molecular complexity index is 1110. The number of benzene rings is 2. The van der Waals surface area contributed by atoms with Crippen LogP contribution in [0, 0.1) is 6.92 Å². The average molecular weight is 389 g/mol. The van der Waals surface area contributed by atoms with Crippen molar-refractivity contribution < 1.29 is 9.15 Å². The van der Waals surface area contributed by atoms with Gasteiger partial charge < -0.3 is 15.0 Å². The van der Waals surface area contributed by atoms with Gasteiger partial charge in [0.05, 0.1) is 0 Å². The Hall–Kier alpha value is -2.75. The van der Waals surface area contributed by atoms with Crippen molar-refractivity contribution in [2.24, 2.45) is 10.9 Å². The second-order valence-electron chi connectivity index (χ2n) is 8.60. The first kappa shape index (κ1) is 18.3. The van der Waals surface area contributed by atoms with Crippen LogP contribution in [-0.4, -0.2) is 5.60 Å². The highest BCUT2D eigenvalue weighted by atomic mass is 16.5. The number of nitrogens with zero attached hydrogens (tertiary/aromatic N) is 1. The van der Waals surface area contributed by atoms with E-state index < -0.39 is 0 Å². The Labute approximate surface area is 171 Å². The second-order valence-corrected chi connectivity index (χ2v) is 8.60. The molecule has 1 spiro atoms. The van der Waals surface area contributed by atoms with Gasteiger partial charge in [0.1, 0.15) is 16.9 Å². The molecule has 1 fully saturated rings. The van der Waals surface area contributed by atoms with Gasteiger partial charge in [-0.25, -0.2) is 0 Å². The molecule has 2 N–H and O–H groups in total. The predicted octanol–water partition coefficient (Wildman–Crippen LogP) is 5.13. The minimum absolute atomic E-state index is 0.0301. The van der Waals surface area contributed by atoms with Crippen LogP contribution in [-0.2, 0) is 12.8 Å². The fourth-order valence-corrected chi connectivity index (χ4v) is 5.07. The van der Waals surface area contributed by atoms with Crippen molar-refractivity contribution in [3.8, 4) is 5.75 Å². The molecule has 0 unspecified atom stereocenters. The number of nitrogens with two attached hydrogens (primary N) is 1. The van der Waals surface area contributed by atoms with Gasteiger partial charge in [0.2, 0.25) is 5.55 Å². The fourth-order valence-electron chi connectivity index (χ4n) is 5.07. The van der Waals surface area contributed by atoms with E-state index in [1.54, 1.807) is 0 Å². The van der Waals surface area contributed by atoms with E-state index in [-0.39, 0.29) is 5.60 Å². The Morgan fingerprint density at radius 1 is 1.03 bits per heavy atom. The van der Waals surface area contributed by atoms with E-state index in [1.165, 1.54) is 48.8 Å². The van der Waals surface area contributed by atoms with Crippen LogP contribution in [0.15, 0.2) is 52.0 Å². The van der Waals surface area contributed by atoms with Crippen molar-refractivity contribution in [1.29, 1.82) is 0 Å². The molecule has 4 heteroatoms. The zero-order valence-electron chi connectivity index (χ0n) is 17.0. The number of aryl methyl sites for hydroxylation is 2.